The normalized spacial score (nSPS) is 10.1. The molecule has 18 heavy (non-hydrogen) atoms. The maximum Gasteiger partial charge on any atom is 0.345 e. The fourth-order valence-electron chi connectivity index (χ4n) is 1.25. The molecule has 92 valence electrons. The highest BCUT2D eigenvalue weighted by molar-refractivity contribution is 7.18. The number of carboxylic acids is 1. The van der Waals surface area contributed by atoms with Crippen molar-refractivity contribution in [2.24, 2.45) is 0 Å². The van der Waals surface area contributed by atoms with Crippen molar-refractivity contribution in [2.45, 2.75) is 0 Å². The van der Waals surface area contributed by atoms with Crippen LogP contribution in [0.3, 0.4) is 0 Å². The molecule has 0 fully saturated rings. The molecule has 1 amide bonds. The first kappa shape index (κ1) is 12.5. The standard InChI is InChI=1S/C11H7ClN2O3S/c12-8-5-6(3-4-13-8)10(15)14-9-2-1-7(18-9)11(16)17/h1-5H,(H,14,15)(H,16,17). The Bertz CT molecular complexity index is 612. The van der Waals surface area contributed by atoms with Crippen LogP contribution in [0.5, 0.6) is 0 Å². The molecule has 2 aromatic rings. The molecule has 0 spiro atoms. The topological polar surface area (TPSA) is 79.3 Å². The van der Waals surface area contributed by atoms with E-state index < -0.39 is 5.97 Å². The number of nitrogens with one attached hydrogen (secondary N) is 1. The zero-order valence-electron chi connectivity index (χ0n) is 8.88. The average Bonchev–Trinajstić information content (AvgIpc) is 2.77. The average molecular weight is 283 g/mol. The molecule has 7 heteroatoms. The molecular formula is C11H7ClN2O3S. The van der Waals surface area contributed by atoms with Crippen molar-refractivity contribution >= 4 is 39.8 Å². The van der Waals surface area contributed by atoms with Crippen LogP contribution in [0.2, 0.25) is 5.15 Å². The maximum atomic E-state index is 11.8. The number of anilines is 1. The van der Waals surface area contributed by atoms with E-state index in [2.05, 4.69) is 10.3 Å². The molecule has 0 atom stereocenters. The van der Waals surface area contributed by atoms with Gasteiger partial charge in [0.25, 0.3) is 5.91 Å². The second-order valence-corrected chi connectivity index (χ2v) is 4.76. The number of hydrogen-bond acceptors (Lipinski definition) is 4. The van der Waals surface area contributed by atoms with Crippen molar-refractivity contribution in [3.05, 3.63) is 46.1 Å². The van der Waals surface area contributed by atoms with Crippen LogP contribution in [0.25, 0.3) is 0 Å². The van der Waals surface area contributed by atoms with E-state index in [1.165, 1.54) is 30.5 Å². The van der Waals surface area contributed by atoms with Crippen molar-refractivity contribution in [1.29, 1.82) is 0 Å². The third kappa shape index (κ3) is 2.85. The van der Waals surface area contributed by atoms with Crippen molar-refractivity contribution in [3.63, 3.8) is 0 Å². The molecule has 2 rings (SSSR count). The van der Waals surface area contributed by atoms with Crippen LogP contribution < -0.4 is 5.32 Å². The monoisotopic (exact) mass is 282 g/mol. The number of thiophene rings is 1. The van der Waals surface area contributed by atoms with Gasteiger partial charge in [0.1, 0.15) is 10.0 Å². The van der Waals surface area contributed by atoms with Crippen molar-refractivity contribution < 1.29 is 14.7 Å². The number of carbonyl (C=O) groups excluding carboxylic acids is 1. The molecule has 0 saturated heterocycles. The maximum absolute atomic E-state index is 11.8. The van der Waals surface area contributed by atoms with E-state index in [1.54, 1.807) is 0 Å². The van der Waals surface area contributed by atoms with Gasteiger partial charge in [-0.1, -0.05) is 11.6 Å². The van der Waals surface area contributed by atoms with Crippen molar-refractivity contribution in [2.75, 3.05) is 5.32 Å². The summed E-state index contributed by atoms with van der Waals surface area (Å²) >= 11 is 6.66. The van der Waals surface area contributed by atoms with Crippen LogP contribution in [0.4, 0.5) is 5.00 Å². The fraction of sp³-hybridized carbons (Fsp3) is 0. The van der Waals surface area contributed by atoms with E-state index in [0.29, 0.717) is 10.6 Å². The number of carboxylic acid groups (broad SMARTS) is 1. The minimum absolute atomic E-state index is 0.165. The van der Waals surface area contributed by atoms with Gasteiger partial charge in [-0.25, -0.2) is 9.78 Å². The van der Waals surface area contributed by atoms with Crippen LogP contribution in [0.15, 0.2) is 30.5 Å². The lowest BCUT2D eigenvalue weighted by Gasteiger charge is -2.02. The summed E-state index contributed by atoms with van der Waals surface area (Å²) in [5, 5.41) is 12.0. The first-order valence-corrected chi connectivity index (χ1v) is 6.02. The summed E-state index contributed by atoms with van der Waals surface area (Å²) in [6.45, 7) is 0. The summed E-state index contributed by atoms with van der Waals surface area (Å²) in [7, 11) is 0. The van der Waals surface area contributed by atoms with E-state index in [-0.39, 0.29) is 15.9 Å². The number of hydrogen-bond donors (Lipinski definition) is 2. The predicted octanol–water partition coefficient (Wildman–Crippen LogP) is 2.75. The van der Waals surface area contributed by atoms with Crippen LogP contribution in [0.1, 0.15) is 20.0 Å². The summed E-state index contributed by atoms with van der Waals surface area (Å²) in [4.78, 5) is 26.4. The number of halogens is 1. The number of nitrogens with zero attached hydrogens (tertiary/aromatic N) is 1. The number of aromatic nitrogens is 1. The van der Waals surface area contributed by atoms with Gasteiger partial charge in [-0.05, 0) is 24.3 Å². The molecule has 0 aliphatic carbocycles. The zero-order chi connectivity index (χ0) is 13.1. The van der Waals surface area contributed by atoms with Gasteiger partial charge in [0.2, 0.25) is 0 Å². The first-order chi connectivity index (χ1) is 8.56. The Balaban J connectivity index is 2.13. The highest BCUT2D eigenvalue weighted by Crippen LogP contribution is 2.22. The van der Waals surface area contributed by atoms with Gasteiger partial charge in [0, 0.05) is 11.8 Å². The van der Waals surface area contributed by atoms with E-state index in [4.69, 9.17) is 16.7 Å². The lowest BCUT2D eigenvalue weighted by Crippen LogP contribution is -2.10. The quantitative estimate of drug-likeness (QED) is 0.849. The minimum Gasteiger partial charge on any atom is -0.477 e. The largest absolute Gasteiger partial charge is 0.477 e. The van der Waals surface area contributed by atoms with Gasteiger partial charge in [-0.3, -0.25) is 4.79 Å². The molecule has 0 aliphatic heterocycles. The molecule has 0 radical (unpaired) electrons. The third-order valence-electron chi connectivity index (χ3n) is 2.04. The van der Waals surface area contributed by atoms with Crippen molar-refractivity contribution in [3.8, 4) is 0 Å². The van der Waals surface area contributed by atoms with Gasteiger partial charge in [0.15, 0.2) is 0 Å². The van der Waals surface area contributed by atoms with Crippen LogP contribution in [0, 0.1) is 0 Å². The highest BCUT2D eigenvalue weighted by Gasteiger charge is 2.11. The van der Waals surface area contributed by atoms with Gasteiger partial charge in [-0.15, -0.1) is 11.3 Å². The summed E-state index contributed by atoms with van der Waals surface area (Å²) in [5.41, 5.74) is 0.361. The predicted molar refractivity (Wildman–Crippen MR) is 68.5 cm³/mol. The molecule has 0 aromatic carbocycles. The Kier molecular flexibility index (Phi) is 3.59. The third-order valence-corrected chi connectivity index (χ3v) is 3.24. The number of aromatic carboxylic acids is 1. The molecule has 2 N–H and O–H groups in total. The molecule has 0 saturated carbocycles. The molecule has 5 nitrogen and oxygen atoms in total. The van der Waals surface area contributed by atoms with Crippen LogP contribution >= 0.6 is 22.9 Å². The molecule has 2 heterocycles. The summed E-state index contributed by atoms with van der Waals surface area (Å²) in [6.07, 6.45) is 1.42. The summed E-state index contributed by atoms with van der Waals surface area (Å²) in [5.74, 6) is -1.38. The summed E-state index contributed by atoms with van der Waals surface area (Å²) in [6, 6.07) is 5.92. The molecule has 2 aromatic heterocycles. The molecule has 0 unspecified atom stereocenters. The number of pyridine rings is 1. The van der Waals surface area contributed by atoms with Gasteiger partial charge in [-0.2, -0.15) is 0 Å². The Labute approximate surface area is 111 Å². The number of carbonyl (C=O) groups is 2. The van der Waals surface area contributed by atoms with E-state index >= 15 is 0 Å². The zero-order valence-corrected chi connectivity index (χ0v) is 10.5. The fourth-order valence-corrected chi connectivity index (χ4v) is 2.16. The number of amides is 1. The highest BCUT2D eigenvalue weighted by atomic mass is 35.5. The van der Waals surface area contributed by atoms with Crippen LogP contribution in [-0.4, -0.2) is 22.0 Å². The Morgan fingerprint density at radius 1 is 1.33 bits per heavy atom. The molecular weight excluding hydrogens is 276 g/mol. The Morgan fingerprint density at radius 3 is 2.72 bits per heavy atom. The van der Waals surface area contributed by atoms with E-state index in [1.807, 2.05) is 0 Å². The lowest BCUT2D eigenvalue weighted by atomic mass is 10.2. The second-order valence-electron chi connectivity index (χ2n) is 3.29. The Hall–Kier alpha value is -1.92. The minimum atomic E-state index is -1.02. The van der Waals surface area contributed by atoms with Crippen LogP contribution in [-0.2, 0) is 0 Å². The van der Waals surface area contributed by atoms with Gasteiger partial charge in [0.05, 0.1) is 5.00 Å². The van der Waals surface area contributed by atoms with Gasteiger partial charge < -0.3 is 10.4 Å². The van der Waals surface area contributed by atoms with E-state index in [9.17, 15) is 9.59 Å². The first-order valence-electron chi connectivity index (χ1n) is 4.82. The summed E-state index contributed by atoms with van der Waals surface area (Å²) < 4.78 is 0. The Morgan fingerprint density at radius 2 is 2.11 bits per heavy atom. The number of rotatable bonds is 3. The van der Waals surface area contributed by atoms with Gasteiger partial charge >= 0.3 is 5.97 Å². The smallest absolute Gasteiger partial charge is 0.345 e. The van der Waals surface area contributed by atoms with Crippen molar-refractivity contribution in [1.82, 2.24) is 4.98 Å². The lowest BCUT2D eigenvalue weighted by molar-refractivity contribution is 0.0702. The second kappa shape index (κ2) is 5.16. The van der Waals surface area contributed by atoms with E-state index in [0.717, 1.165) is 11.3 Å². The molecule has 0 aliphatic rings. The SMILES string of the molecule is O=C(Nc1ccc(C(=O)O)s1)c1ccnc(Cl)c1. The molecule has 0 bridgehead atoms.